The lowest BCUT2D eigenvalue weighted by molar-refractivity contribution is 0.273. The van der Waals surface area contributed by atoms with Gasteiger partial charge < -0.3 is 10.2 Å². The topological polar surface area (TPSA) is 15.3 Å². The molecule has 0 fully saturated rings. The molecule has 76 valence electrons. The standard InChI is InChI=1S/C11H22N2/c1-5-6-7-8-12-9-10-13(4)11(2)3/h1,11-12H,6-10H2,2-4H3. The molecular formula is C11H22N2. The van der Waals surface area contributed by atoms with E-state index in [1.54, 1.807) is 0 Å². The molecule has 0 aliphatic carbocycles. The van der Waals surface area contributed by atoms with Crippen LogP contribution < -0.4 is 5.32 Å². The Morgan fingerprint density at radius 2 is 2.08 bits per heavy atom. The fourth-order valence-electron chi connectivity index (χ4n) is 0.954. The number of nitrogens with zero attached hydrogens (tertiary/aromatic N) is 1. The van der Waals surface area contributed by atoms with Crippen LogP contribution in [-0.4, -0.2) is 37.6 Å². The van der Waals surface area contributed by atoms with E-state index in [9.17, 15) is 0 Å². The van der Waals surface area contributed by atoms with Crippen LogP contribution in [0.2, 0.25) is 0 Å². The molecule has 1 N–H and O–H groups in total. The highest BCUT2D eigenvalue weighted by molar-refractivity contribution is 4.83. The van der Waals surface area contributed by atoms with Gasteiger partial charge in [-0.05, 0) is 33.9 Å². The van der Waals surface area contributed by atoms with E-state index in [1.165, 1.54) is 0 Å². The van der Waals surface area contributed by atoms with Gasteiger partial charge in [-0.1, -0.05) is 0 Å². The summed E-state index contributed by atoms with van der Waals surface area (Å²) in [5, 5.41) is 3.37. The fraction of sp³-hybridized carbons (Fsp3) is 0.818. The molecule has 0 saturated heterocycles. The zero-order chi connectivity index (χ0) is 10.1. The van der Waals surface area contributed by atoms with Crippen molar-refractivity contribution in [1.29, 1.82) is 0 Å². The average Bonchev–Trinajstić information content (AvgIpc) is 2.10. The van der Waals surface area contributed by atoms with Crippen LogP contribution in [0.25, 0.3) is 0 Å². The van der Waals surface area contributed by atoms with E-state index in [2.05, 4.69) is 37.0 Å². The van der Waals surface area contributed by atoms with Gasteiger partial charge in [0.25, 0.3) is 0 Å². The average molecular weight is 182 g/mol. The van der Waals surface area contributed by atoms with E-state index >= 15 is 0 Å². The Hall–Kier alpha value is -0.520. The third-order valence-electron chi connectivity index (χ3n) is 2.20. The minimum atomic E-state index is 0.632. The number of nitrogens with one attached hydrogen (secondary N) is 1. The van der Waals surface area contributed by atoms with Crippen LogP contribution in [-0.2, 0) is 0 Å². The Morgan fingerprint density at radius 3 is 2.62 bits per heavy atom. The quantitative estimate of drug-likeness (QED) is 0.472. The van der Waals surface area contributed by atoms with Gasteiger partial charge in [0, 0.05) is 25.6 Å². The SMILES string of the molecule is C#CCCCNCCN(C)C(C)C. The molecule has 0 aromatic rings. The maximum Gasteiger partial charge on any atom is 0.0106 e. The van der Waals surface area contributed by atoms with Crippen molar-refractivity contribution in [3.63, 3.8) is 0 Å². The Balaban J connectivity index is 3.12. The largest absolute Gasteiger partial charge is 0.315 e. The summed E-state index contributed by atoms with van der Waals surface area (Å²) in [7, 11) is 2.15. The minimum absolute atomic E-state index is 0.632. The summed E-state index contributed by atoms with van der Waals surface area (Å²) in [5.41, 5.74) is 0. The molecule has 0 aliphatic heterocycles. The van der Waals surface area contributed by atoms with Crippen LogP contribution >= 0.6 is 0 Å². The molecule has 2 nitrogen and oxygen atoms in total. The Morgan fingerprint density at radius 1 is 1.38 bits per heavy atom. The first-order valence-electron chi connectivity index (χ1n) is 5.03. The van der Waals surface area contributed by atoms with Crippen LogP contribution in [0.15, 0.2) is 0 Å². The van der Waals surface area contributed by atoms with Crippen molar-refractivity contribution in [3.8, 4) is 12.3 Å². The lowest BCUT2D eigenvalue weighted by atomic mass is 10.3. The number of hydrogen-bond acceptors (Lipinski definition) is 2. The van der Waals surface area contributed by atoms with Crippen molar-refractivity contribution in [2.45, 2.75) is 32.7 Å². The fourth-order valence-corrected chi connectivity index (χ4v) is 0.954. The lowest BCUT2D eigenvalue weighted by Gasteiger charge is -2.20. The van der Waals surface area contributed by atoms with E-state index in [4.69, 9.17) is 6.42 Å². The molecule has 0 amide bonds. The molecule has 0 spiro atoms. The molecule has 0 aliphatic rings. The van der Waals surface area contributed by atoms with E-state index < -0.39 is 0 Å². The van der Waals surface area contributed by atoms with Crippen LogP contribution in [0, 0.1) is 12.3 Å². The summed E-state index contributed by atoms with van der Waals surface area (Å²) in [5.74, 6) is 2.64. The first kappa shape index (κ1) is 12.5. The van der Waals surface area contributed by atoms with Gasteiger partial charge in [0.1, 0.15) is 0 Å². The molecule has 0 atom stereocenters. The number of terminal acetylenes is 1. The molecule has 0 bridgehead atoms. The zero-order valence-corrected chi connectivity index (χ0v) is 9.14. The van der Waals surface area contributed by atoms with Gasteiger partial charge in [0.15, 0.2) is 0 Å². The van der Waals surface area contributed by atoms with Crippen molar-refractivity contribution in [3.05, 3.63) is 0 Å². The first-order valence-corrected chi connectivity index (χ1v) is 5.03. The van der Waals surface area contributed by atoms with Crippen LogP contribution in [0.4, 0.5) is 0 Å². The third kappa shape index (κ3) is 7.83. The van der Waals surface area contributed by atoms with Gasteiger partial charge in [-0.15, -0.1) is 12.3 Å². The Kier molecular flexibility index (Phi) is 7.77. The molecule has 0 saturated carbocycles. The van der Waals surface area contributed by atoms with Crippen LogP contribution in [0.1, 0.15) is 26.7 Å². The molecule has 0 heterocycles. The van der Waals surface area contributed by atoms with Crippen LogP contribution in [0.5, 0.6) is 0 Å². The maximum absolute atomic E-state index is 5.15. The van der Waals surface area contributed by atoms with Crippen LogP contribution in [0.3, 0.4) is 0 Å². The smallest absolute Gasteiger partial charge is 0.0106 e. The van der Waals surface area contributed by atoms with Crippen molar-refractivity contribution in [2.24, 2.45) is 0 Å². The monoisotopic (exact) mass is 182 g/mol. The Bertz CT molecular complexity index is 147. The predicted molar refractivity (Wildman–Crippen MR) is 58.7 cm³/mol. The van der Waals surface area contributed by atoms with E-state index in [0.29, 0.717) is 6.04 Å². The summed E-state index contributed by atoms with van der Waals surface area (Å²) >= 11 is 0. The predicted octanol–water partition coefficient (Wildman–Crippen LogP) is 1.33. The number of hydrogen-bond donors (Lipinski definition) is 1. The first-order chi connectivity index (χ1) is 6.18. The number of likely N-dealkylation sites (N-methyl/N-ethyl adjacent to an activating group) is 1. The van der Waals surface area contributed by atoms with E-state index in [-0.39, 0.29) is 0 Å². The second-order valence-electron chi connectivity index (χ2n) is 3.63. The van der Waals surface area contributed by atoms with Gasteiger partial charge in [0.2, 0.25) is 0 Å². The molecule has 2 heteroatoms. The van der Waals surface area contributed by atoms with Crippen molar-refractivity contribution in [1.82, 2.24) is 10.2 Å². The van der Waals surface area contributed by atoms with Gasteiger partial charge >= 0.3 is 0 Å². The normalized spacial score (nSPS) is 10.8. The molecule has 13 heavy (non-hydrogen) atoms. The summed E-state index contributed by atoms with van der Waals surface area (Å²) in [6.45, 7) is 7.61. The van der Waals surface area contributed by atoms with E-state index in [0.717, 1.165) is 32.5 Å². The summed E-state index contributed by atoms with van der Waals surface area (Å²) in [6.07, 6.45) is 7.11. The lowest BCUT2D eigenvalue weighted by Crippen LogP contribution is -2.34. The second kappa shape index (κ2) is 8.10. The number of rotatable bonds is 7. The maximum atomic E-state index is 5.15. The second-order valence-corrected chi connectivity index (χ2v) is 3.63. The highest BCUT2D eigenvalue weighted by Gasteiger charge is 2.00. The van der Waals surface area contributed by atoms with Crippen molar-refractivity contribution >= 4 is 0 Å². The highest BCUT2D eigenvalue weighted by Crippen LogP contribution is 1.90. The Labute approximate surface area is 82.7 Å². The van der Waals surface area contributed by atoms with Gasteiger partial charge in [-0.3, -0.25) is 0 Å². The molecule has 0 aromatic carbocycles. The molecule has 0 rings (SSSR count). The third-order valence-corrected chi connectivity index (χ3v) is 2.20. The summed E-state index contributed by atoms with van der Waals surface area (Å²) < 4.78 is 0. The van der Waals surface area contributed by atoms with Gasteiger partial charge in [-0.2, -0.15) is 0 Å². The summed E-state index contributed by atoms with van der Waals surface area (Å²) in [4.78, 5) is 2.33. The molecule has 0 unspecified atom stereocenters. The molecule has 0 radical (unpaired) electrons. The summed E-state index contributed by atoms with van der Waals surface area (Å²) in [6, 6.07) is 0.632. The highest BCUT2D eigenvalue weighted by atomic mass is 15.1. The van der Waals surface area contributed by atoms with Crippen molar-refractivity contribution < 1.29 is 0 Å². The minimum Gasteiger partial charge on any atom is -0.315 e. The molecular weight excluding hydrogens is 160 g/mol. The zero-order valence-electron chi connectivity index (χ0n) is 9.14. The molecule has 0 aromatic heterocycles. The van der Waals surface area contributed by atoms with Crippen molar-refractivity contribution in [2.75, 3.05) is 26.7 Å². The van der Waals surface area contributed by atoms with Gasteiger partial charge in [0.05, 0.1) is 0 Å². The van der Waals surface area contributed by atoms with Gasteiger partial charge in [-0.25, -0.2) is 0 Å². The van der Waals surface area contributed by atoms with E-state index in [1.807, 2.05) is 0 Å². The number of unbranched alkanes of at least 4 members (excludes halogenated alkanes) is 1.